The molecule has 7 heteroatoms. The fourth-order valence-electron chi connectivity index (χ4n) is 6.14. The van der Waals surface area contributed by atoms with E-state index >= 15 is 0 Å². The van der Waals surface area contributed by atoms with Crippen LogP contribution in [0.5, 0.6) is 0 Å². The summed E-state index contributed by atoms with van der Waals surface area (Å²) in [6, 6.07) is 16.6. The number of benzene rings is 2. The molecule has 0 bridgehead atoms. The van der Waals surface area contributed by atoms with Crippen molar-refractivity contribution in [3.8, 4) is 0 Å². The Hall–Kier alpha value is -3.03. The average molecular weight is 486 g/mol. The summed E-state index contributed by atoms with van der Waals surface area (Å²) < 4.78 is 0. The number of rotatable bonds is 6. The fourth-order valence-corrected chi connectivity index (χ4v) is 6.14. The second-order valence-corrected chi connectivity index (χ2v) is 10.8. The molecule has 0 spiro atoms. The Bertz CT molecular complexity index is 1310. The number of para-hydroxylation sites is 1. The Balaban J connectivity index is 1.12. The van der Waals surface area contributed by atoms with Gasteiger partial charge in [-0.3, -0.25) is 14.9 Å². The molecule has 2 N–H and O–H groups in total. The lowest BCUT2D eigenvalue weighted by molar-refractivity contribution is 0.196. The molecule has 36 heavy (non-hydrogen) atoms. The quantitative estimate of drug-likeness (QED) is 0.426. The maximum atomic E-state index is 4.79. The molecule has 0 radical (unpaired) electrons. The van der Waals surface area contributed by atoms with Crippen LogP contribution in [-0.2, 0) is 6.42 Å². The summed E-state index contributed by atoms with van der Waals surface area (Å²) in [5.74, 6) is 1.12. The third-order valence-corrected chi connectivity index (χ3v) is 8.37. The number of aromatic amines is 2. The second kappa shape index (κ2) is 9.79. The molecule has 2 aromatic carbocycles. The Labute approximate surface area is 214 Å². The monoisotopic (exact) mass is 485 g/mol. The Kier molecular flexibility index (Phi) is 6.36. The number of H-pyrrole nitrogens is 2. The van der Waals surface area contributed by atoms with Gasteiger partial charge in [0.15, 0.2) is 5.82 Å². The van der Waals surface area contributed by atoms with E-state index in [0.717, 1.165) is 64.6 Å². The SMILES string of the molecule is CC(C)N1CCN(c2n[nH]c3c(CC(C)N4CCN(c5cccc6[nH]ccc56)CC4)cccc23)CC1. The van der Waals surface area contributed by atoms with Gasteiger partial charge in [0, 0.05) is 92.6 Å². The van der Waals surface area contributed by atoms with E-state index in [9.17, 15) is 0 Å². The van der Waals surface area contributed by atoms with Gasteiger partial charge in [0.1, 0.15) is 0 Å². The predicted octanol–water partition coefficient (Wildman–Crippen LogP) is 4.33. The molecule has 1 atom stereocenters. The van der Waals surface area contributed by atoms with Crippen molar-refractivity contribution in [3.63, 3.8) is 0 Å². The zero-order valence-electron chi connectivity index (χ0n) is 21.9. The van der Waals surface area contributed by atoms with E-state index < -0.39 is 0 Å². The van der Waals surface area contributed by atoms with Crippen molar-refractivity contribution < 1.29 is 0 Å². The third kappa shape index (κ3) is 4.35. The summed E-state index contributed by atoms with van der Waals surface area (Å²) in [5, 5.41) is 10.8. The van der Waals surface area contributed by atoms with Crippen LogP contribution in [0.2, 0.25) is 0 Å². The van der Waals surface area contributed by atoms with Crippen molar-refractivity contribution in [2.45, 2.75) is 39.3 Å². The van der Waals surface area contributed by atoms with Crippen molar-refractivity contribution in [1.82, 2.24) is 25.0 Å². The van der Waals surface area contributed by atoms with Crippen molar-refractivity contribution >= 4 is 33.3 Å². The van der Waals surface area contributed by atoms with E-state index in [1.54, 1.807) is 0 Å². The maximum absolute atomic E-state index is 4.79. The van der Waals surface area contributed by atoms with E-state index in [2.05, 4.69) is 92.9 Å². The first-order valence-electron chi connectivity index (χ1n) is 13.6. The first-order valence-corrected chi connectivity index (χ1v) is 13.6. The van der Waals surface area contributed by atoms with Crippen molar-refractivity contribution in [1.29, 1.82) is 0 Å². The Morgan fingerprint density at radius 3 is 2.28 bits per heavy atom. The predicted molar refractivity (Wildman–Crippen MR) is 150 cm³/mol. The molecule has 1 unspecified atom stereocenters. The molecular formula is C29H39N7. The first kappa shape index (κ1) is 23.4. The molecule has 2 aliphatic rings. The van der Waals surface area contributed by atoms with Crippen molar-refractivity contribution in [2.75, 3.05) is 62.2 Å². The van der Waals surface area contributed by atoms with E-state index in [-0.39, 0.29) is 0 Å². The number of anilines is 2. The normalized spacial score (nSPS) is 19.1. The lowest BCUT2D eigenvalue weighted by Gasteiger charge is -2.39. The zero-order valence-corrected chi connectivity index (χ0v) is 21.9. The van der Waals surface area contributed by atoms with Gasteiger partial charge in [-0.2, -0.15) is 5.10 Å². The molecule has 0 amide bonds. The van der Waals surface area contributed by atoms with Crippen LogP contribution in [0, 0.1) is 0 Å². The minimum atomic E-state index is 0.488. The van der Waals surface area contributed by atoms with Gasteiger partial charge in [-0.15, -0.1) is 0 Å². The summed E-state index contributed by atoms with van der Waals surface area (Å²) in [6.45, 7) is 15.6. The van der Waals surface area contributed by atoms with E-state index in [1.807, 2.05) is 6.20 Å². The van der Waals surface area contributed by atoms with Gasteiger partial charge < -0.3 is 14.8 Å². The molecular weight excluding hydrogens is 446 g/mol. The minimum absolute atomic E-state index is 0.488. The van der Waals surface area contributed by atoms with Gasteiger partial charge in [-0.05, 0) is 57.0 Å². The summed E-state index contributed by atoms with van der Waals surface area (Å²) in [5.41, 5.74) is 5.16. The number of hydrogen-bond acceptors (Lipinski definition) is 5. The van der Waals surface area contributed by atoms with Crippen LogP contribution >= 0.6 is 0 Å². The van der Waals surface area contributed by atoms with Crippen LogP contribution in [0.3, 0.4) is 0 Å². The zero-order chi connectivity index (χ0) is 24.6. The van der Waals surface area contributed by atoms with Crippen LogP contribution in [0.1, 0.15) is 26.3 Å². The van der Waals surface area contributed by atoms with Crippen LogP contribution in [0.15, 0.2) is 48.7 Å². The highest BCUT2D eigenvalue weighted by Crippen LogP contribution is 2.30. The average Bonchev–Trinajstić information content (AvgIpc) is 3.57. The summed E-state index contributed by atoms with van der Waals surface area (Å²) in [4.78, 5) is 13.5. The molecule has 2 aliphatic heterocycles. The van der Waals surface area contributed by atoms with Gasteiger partial charge in [0.05, 0.1) is 5.52 Å². The smallest absolute Gasteiger partial charge is 0.158 e. The van der Waals surface area contributed by atoms with Gasteiger partial charge in [-0.25, -0.2) is 0 Å². The highest BCUT2D eigenvalue weighted by molar-refractivity contribution is 5.93. The summed E-state index contributed by atoms with van der Waals surface area (Å²) in [6.07, 6.45) is 3.08. The Morgan fingerprint density at radius 1 is 0.778 bits per heavy atom. The Morgan fingerprint density at radius 2 is 1.50 bits per heavy atom. The van der Waals surface area contributed by atoms with E-state index in [0.29, 0.717) is 12.1 Å². The van der Waals surface area contributed by atoms with Gasteiger partial charge >= 0.3 is 0 Å². The van der Waals surface area contributed by atoms with Crippen LogP contribution in [0.25, 0.3) is 21.8 Å². The second-order valence-electron chi connectivity index (χ2n) is 10.8. The summed E-state index contributed by atoms with van der Waals surface area (Å²) >= 11 is 0. The molecule has 7 nitrogen and oxygen atoms in total. The van der Waals surface area contributed by atoms with Crippen LogP contribution in [-0.4, -0.2) is 89.4 Å². The molecule has 190 valence electrons. The number of hydrogen-bond donors (Lipinski definition) is 2. The van der Waals surface area contributed by atoms with Crippen LogP contribution < -0.4 is 9.80 Å². The minimum Gasteiger partial charge on any atom is -0.368 e. The molecule has 0 saturated carbocycles. The van der Waals surface area contributed by atoms with E-state index in [1.165, 1.54) is 33.1 Å². The maximum Gasteiger partial charge on any atom is 0.158 e. The van der Waals surface area contributed by atoms with Gasteiger partial charge in [0.2, 0.25) is 0 Å². The number of piperazine rings is 2. The molecule has 6 rings (SSSR count). The molecule has 2 saturated heterocycles. The highest BCUT2D eigenvalue weighted by atomic mass is 15.3. The molecule has 0 aliphatic carbocycles. The fraction of sp³-hybridized carbons (Fsp3) is 0.483. The van der Waals surface area contributed by atoms with E-state index in [4.69, 9.17) is 5.10 Å². The molecule has 4 aromatic rings. The number of nitrogens with zero attached hydrogens (tertiary/aromatic N) is 5. The van der Waals surface area contributed by atoms with Crippen molar-refractivity contribution in [2.24, 2.45) is 0 Å². The highest BCUT2D eigenvalue weighted by Gasteiger charge is 2.25. The number of aromatic nitrogens is 3. The van der Waals surface area contributed by atoms with Crippen molar-refractivity contribution in [3.05, 3.63) is 54.2 Å². The molecule has 4 heterocycles. The topological polar surface area (TPSA) is 57.4 Å². The van der Waals surface area contributed by atoms with Gasteiger partial charge in [-0.1, -0.05) is 18.2 Å². The lowest BCUT2D eigenvalue weighted by atomic mass is 10.0. The lowest BCUT2D eigenvalue weighted by Crippen LogP contribution is -2.50. The standard InChI is InChI=1S/C29H39N7/c1-21(2)33-12-18-36(19-13-33)29-25-7-4-6-23(28(25)31-32-29)20-22(3)34-14-16-35(17-15-34)27-9-5-8-26-24(27)10-11-30-26/h4-11,21-22,30H,12-20H2,1-3H3,(H,31,32). The largest absolute Gasteiger partial charge is 0.368 e. The van der Waals surface area contributed by atoms with Gasteiger partial charge in [0.25, 0.3) is 0 Å². The first-order chi connectivity index (χ1) is 17.6. The third-order valence-electron chi connectivity index (χ3n) is 8.37. The molecule has 2 aromatic heterocycles. The summed E-state index contributed by atoms with van der Waals surface area (Å²) in [7, 11) is 0. The number of fused-ring (bicyclic) bond motifs is 2. The van der Waals surface area contributed by atoms with Crippen LogP contribution in [0.4, 0.5) is 11.5 Å². The number of nitrogens with one attached hydrogen (secondary N) is 2. The molecule has 2 fully saturated rings.